The Labute approximate surface area is 106 Å². The van der Waals surface area contributed by atoms with Gasteiger partial charge in [-0.05, 0) is 25.0 Å². The summed E-state index contributed by atoms with van der Waals surface area (Å²) in [6.45, 7) is 1.98. The number of benzene rings is 1. The minimum absolute atomic E-state index is 0.264. The van der Waals surface area contributed by atoms with Crippen molar-refractivity contribution in [3.8, 4) is 0 Å². The van der Waals surface area contributed by atoms with Gasteiger partial charge < -0.3 is 10.7 Å². The summed E-state index contributed by atoms with van der Waals surface area (Å²) in [5.74, 6) is 5.15. The van der Waals surface area contributed by atoms with Gasteiger partial charge in [0.05, 0.1) is 6.04 Å². The van der Waals surface area contributed by atoms with Crippen LogP contribution in [0.25, 0.3) is 10.9 Å². The fourth-order valence-electron chi connectivity index (χ4n) is 2.17. The Balaban J connectivity index is 2.32. The molecule has 1 amide bonds. The number of carbonyl (C=O) groups excluding carboxylic acids is 1. The largest absolute Gasteiger partial charge is 0.358 e. The third-order valence-corrected chi connectivity index (χ3v) is 3.12. The number of amides is 1. The topological polar surface area (TPSA) is 88.1 Å². The fourth-order valence-corrected chi connectivity index (χ4v) is 2.17. The van der Waals surface area contributed by atoms with E-state index in [-0.39, 0.29) is 5.91 Å². The minimum atomic E-state index is -0.613. The number of para-hydroxylation sites is 1. The number of hydrazine groups is 1. The Morgan fingerprint density at radius 1 is 1.44 bits per heavy atom. The summed E-state index contributed by atoms with van der Waals surface area (Å²) in [5.41, 5.74) is 9.06. The van der Waals surface area contributed by atoms with Gasteiger partial charge in [0.2, 0.25) is 0 Å². The number of nitrogens with zero attached hydrogens (tertiary/aromatic N) is 1. The van der Waals surface area contributed by atoms with Gasteiger partial charge in [0.25, 0.3) is 5.91 Å². The normalized spacial score (nSPS) is 12.7. The first-order valence-corrected chi connectivity index (χ1v) is 5.84. The SMILES string of the molecule is Cc1[nH]c2ccccc2c1CC(N)C(=O)N(C)N. The average molecular weight is 246 g/mol. The average Bonchev–Trinajstić information content (AvgIpc) is 2.65. The molecule has 0 bridgehead atoms. The van der Waals surface area contributed by atoms with Crippen LogP contribution in [0, 0.1) is 6.92 Å². The predicted molar refractivity (Wildman–Crippen MR) is 71.7 cm³/mol. The molecule has 0 aliphatic rings. The van der Waals surface area contributed by atoms with Gasteiger partial charge in [-0.2, -0.15) is 0 Å². The molecule has 0 spiro atoms. The molecule has 0 radical (unpaired) electrons. The molecule has 1 aromatic carbocycles. The third-order valence-electron chi connectivity index (χ3n) is 3.12. The van der Waals surface area contributed by atoms with E-state index < -0.39 is 6.04 Å². The van der Waals surface area contributed by atoms with Crippen LogP contribution in [0.3, 0.4) is 0 Å². The zero-order valence-corrected chi connectivity index (χ0v) is 10.6. The van der Waals surface area contributed by atoms with Crippen molar-refractivity contribution < 1.29 is 4.79 Å². The Morgan fingerprint density at radius 2 is 2.11 bits per heavy atom. The van der Waals surface area contributed by atoms with Crippen molar-refractivity contribution >= 4 is 16.8 Å². The molecule has 1 atom stereocenters. The summed E-state index contributed by atoms with van der Waals surface area (Å²) < 4.78 is 0. The van der Waals surface area contributed by atoms with Crippen LogP contribution >= 0.6 is 0 Å². The van der Waals surface area contributed by atoms with Crippen LogP contribution in [-0.2, 0) is 11.2 Å². The van der Waals surface area contributed by atoms with Crippen LogP contribution in [0.2, 0.25) is 0 Å². The number of carbonyl (C=O) groups is 1. The van der Waals surface area contributed by atoms with Crippen molar-refractivity contribution in [1.29, 1.82) is 0 Å². The summed E-state index contributed by atoms with van der Waals surface area (Å²) in [7, 11) is 1.50. The molecule has 5 N–H and O–H groups in total. The molecule has 18 heavy (non-hydrogen) atoms. The summed E-state index contributed by atoms with van der Waals surface area (Å²) in [4.78, 5) is 15.0. The number of hydrogen-bond donors (Lipinski definition) is 3. The second-order valence-electron chi connectivity index (χ2n) is 4.53. The maximum atomic E-state index is 11.7. The Hall–Kier alpha value is -1.85. The highest BCUT2D eigenvalue weighted by atomic mass is 16.2. The van der Waals surface area contributed by atoms with Crippen LogP contribution in [0.5, 0.6) is 0 Å². The van der Waals surface area contributed by atoms with E-state index in [2.05, 4.69) is 4.98 Å². The first-order chi connectivity index (χ1) is 8.50. The zero-order chi connectivity index (χ0) is 13.3. The number of likely N-dealkylation sites (N-methyl/N-ethyl adjacent to an activating group) is 1. The van der Waals surface area contributed by atoms with Gasteiger partial charge in [0.15, 0.2) is 0 Å². The molecule has 0 aliphatic heterocycles. The van der Waals surface area contributed by atoms with Crippen LogP contribution in [-0.4, -0.2) is 29.0 Å². The molecule has 5 nitrogen and oxygen atoms in total. The van der Waals surface area contributed by atoms with Gasteiger partial charge in [-0.1, -0.05) is 18.2 Å². The van der Waals surface area contributed by atoms with Crippen molar-refractivity contribution in [2.24, 2.45) is 11.6 Å². The second kappa shape index (κ2) is 4.80. The quantitative estimate of drug-likeness (QED) is 0.422. The Bertz CT molecular complexity index is 573. The standard InChI is InChI=1S/C13H18N4O/c1-8-10(7-11(14)13(18)17(2)15)9-5-3-4-6-12(9)16-8/h3-6,11,16H,7,14-15H2,1-2H3. The van der Waals surface area contributed by atoms with Crippen molar-refractivity contribution in [1.82, 2.24) is 9.99 Å². The lowest BCUT2D eigenvalue weighted by Crippen LogP contribution is -2.46. The van der Waals surface area contributed by atoms with E-state index in [1.165, 1.54) is 7.05 Å². The Kier molecular flexibility index (Phi) is 3.36. The van der Waals surface area contributed by atoms with Gasteiger partial charge in [0, 0.05) is 23.6 Å². The molecular formula is C13H18N4O. The number of rotatable bonds is 3. The Morgan fingerprint density at radius 3 is 2.78 bits per heavy atom. The minimum Gasteiger partial charge on any atom is -0.358 e. The predicted octanol–water partition coefficient (Wildman–Crippen LogP) is 0.678. The molecule has 2 aromatic rings. The maximum Gasteiger partial charge on any atom is 0.253 e. The van der Waals surface area contributed by atoms with Gasteiger partial charge in [-0.25, -0.2) is 5.84 Å². The van der Waals surface area contributed by atoms with E-state index in [9.17, 15) is 4.79 Å². The number of hydrogen-bond acceptors (Lipinski definition) is 3. The van der Waals surface area contributed by atoms with E-state index in [0.717, 1.165) is 27.2 Å². The number of fused-ring (bicyclic) bond motifs is 1. The summed E-state index contributed by atoms with van der Waals surface area (Å²) in [6, 6.07) is 7.37. The number of aryl methyl sites for hydroxylation is 1. The number of aromatic amines is 1. The number of nitrogens with one attached hydrogen (secondary N) is 1. The van der Waals surface area contributed by atoms with Crippen LogP contribution in [0.15, 0.2) is 24.3 Å². The monoisotopic (exact) mass is 246 g/mol. The fraction of sp³-hybridized carbons (Fsp3) is 0.308. The van der Waals surface area contributed by atoms with Crippen molar-refractivity contribution in [3.05, 3.63) is 35.5 Å². The van der Waals surface area contributed by atoms with Gasteiger partial charge in [0.1, 0.15) is 0 Å². The van der Waals surface area contributed by atoms with Crippen LogP contribution in [0.4, 0.5) is 0 Å². The van der Waals surface area contributed by atoms with Gasteiger partial charge in [-0.15, -0.1) is 0 Å². The highest BCUT2D eigenvalue weighted by molar-refractivity contribution is 5.86. The molecule has 1 unspecified atom stereocenters. The molecular weight excluding hydrogens is 228 g/mol. The number of H-pyrrole nitrogens is 1. The van der Waals surface area contributed by atoms with Crippen molar-refractivity contribution in [3.63, 3.8) is 0 Å². The lowest BCUT2D eigenvalue weighted by atomic mass is 10.0. The lowest BCUT2D eigenvalue weighted by Gasteiger charge is -2.16. The molecule has 0 saturated carbocycles. The molecule has 0 fully saturated rings. The summed E-state index contributed by atoms with van der Waals surface area (Å²) in [6.07, 6.45) is 0.482. The first kappa shape index (κ1) is 12.6. The highest BCUT2D eigenvalue weighted by Crippen LogP contribution is 2.22. The van der Waals surface area contributed by atoms with Crippen molar-refractivity contribution in [2.45, 2.75) is 19.4 Å². The smallest absolute Gasteiger partial charge is 0.253 e. The first-order valence-electron chi connectivity index (χ1n) is 5.84. The third kappa shape index (κ3) is 2.23. The second-order valence-corrected chi connectivity index (χ2v) is 4.53. The molecule has 1 heterocycles. The number of nitrogens with two attached hydrogens (primary N) is 2. The molecule has 0 aliphatic carbocycles. The van der Waals surface area contributed by atoms with E-state index in [4.69, 9.17) is 11.6 Å². The van der Waals surface area contributed by atoms with E-state index in [0.29, 0.717) is 6.42 Å². The molecule has 96 valence electrons. The zero-order valence-electron chi connectivity index (χ0n) is 10.6. The van der Waals surface area contributed by atoms with Crippen LogP contribution < -0.4 is 11.6 Å². The van der Waals surface area contributed by atoms with E-state index >= 15 is 0 Å². The molecule has 0 saturated heterocycles. The molecule has 5 heteroatoms. The van der Waals surface area contributed by atoms with Gasteiger partial charge in [-0.3, -0.25) is 9.80 Å². The molecule has 1 aromatic heterocycles. The van der Waals surface area contributed by atoms with Gasteiger partial charge >= 0.3 is 0 Å². The molecule has 2 rings (SSSR count). The lowest BCUT2D eigenvalue weighted by molar-refractivity contribution is -0.131. The summed E-state index contributed by atoms with van der Waals surface area (Å²) in [5, 5.41) is 2.15. The van der Waals surface area contributed by atoms with E-state index in [1.807, 2.05) is 31.2 Å². The maximum absolute atomic E-state index is 11.7. The van der Waals surface area contributed by atoms with Crippen molar-refractivity contribution in [2.75, 3.05) is 7.05 Å². The number of aromatic nitrogens is 1. The highest BCUT2D eigenvalue weighted by Gasteiger charge is 2.19. The van der Waals surface area contributed by atoms with E-state index in [1.54, 1.807) is 0 Å². The van der Waals surface area contributed by atoms with Crippen LogP contribution in [0.1, 0.15) is 11.3 Å². The summed E-state index contributed by atoms with van der Waals surface area (Å²) >= 11 is 0.